The van der Waals surface area contributed by atoms with Crippen molar-refractivity contribution in [2.45, 2.75) is 231 Å². The first-order chi connectivity index (χ1) is 36.8. The molecule has 0 aromatic carbocycles. The highest BCUT2D eigenvalue weighted by atomic mass is 16.8. The van der Waals surface area contributed by atoms with Crippen molar-refractivity contribution < 1.29 is 139 Å². The van der Waals surface area contributed by atoms with Crippen LogP contribution in [-0.2, 0) is 52.2 Å². The highest BCUT2D eigenvalue weighted by Gasteiger charge is 2.70. The molecule has 17 N–H and O–H groups in total. The Morgan fingerprint density at radius 3 is 1.51 bits per heavy atom. The van der Waals surface area contributed by atoms with Crippen LogP contribution in [0.4, 0.5) is 0 Å². The maximum absolute atomic E-state index is 14.7. The van der Waals surface area contributed by atoms with E-state index in [1.165, 1.54) is 0 Å². The Balaban J connectivity index is 0.933. The van der Waals surface area contributed by atoms with Crippen molar-refractivity contribution in [3.63, 3.8) is 0 Å². The number of fused-ring (bicyclic) bond motifs is 3. The van der Waals surface area contributed by atoms with Gasteiger partial charge in [0.25, 0.3) is 0 Å². The Hall–Kier alpha value is -1.83. The van der Waals surface area contributed by atoms with Gasteiger partial charge in [0.1, 0.15) is 122 Å². The van der Waals surface area contributed by atoms with Crippen LogP contribution in [0.25, 0.3) is 0 Å². The SMILES string of the molecule is C=C1C[C@@]23CC[C@H]4[C@@](C)(CCC[C@@]4(C)C(=O)O[C@@H]4OC(CO[C@@H]5OC(CO)[C@@H](O)[C@H](O)C5O)[C@@H](O)[C@H](O)C4O)[C@@H]2CC[C@]1(O[C@@H]1OC(CO)[C@@H](O)[C@H](O[C@@H]2OC(CO)[C@@H](O)[C@H](O)C2O)C1O[C@@H]1OC(CO)[C@@H](O)[C@H](O)C1O)C3. The minimum Gasteiger partial charge on any atom is -0.432 e. The second-order valence-electron chi connectivity index (χ2n) is 23.7. The van der Waals surface area contributed by atoms with Crippen molar-refractivity contribution in [3.8, 4) is 0 Å². The Morgan fingerprint density at radius 2 is 0.962 bits per heavy atom. The van der Waals surface area contributed by atoms with Crippen LogP contribution in [0.2, 0.25) is 0 Å². The summed E-state index contributed by atoms with van der Waals surface area (Å²) >= 11 is 0. The molecule has 0 amide bonds. The van der Waals surface area contributed by atoms with Gasteiger partial charge in [0.15, 0.2) is 25.2 Å². The van der Waals surface area contributed by atoms with Gasteiger partial charge < -0.3 is 134 Å². The molecule has 5 heterocycles. The van der Waals surface area contributed by atoms with E-state index in [1.54, 1.807) is 6.92 Å². The summed E-state index contributed by atoms with van der Waals surface area (Å²) in [5.74, 6) is -1.07. The summed E-state index contributed by atoms with van der Waals surface area (Å²) in [6.45, 7) is 4.59. The van der Waals surface area contributed by atoms with Crippen molar-refractivity contribution in [2.75, 3.05) is 33.0 Å². The smallest absolute Gasteiger partial charge is 0.314 e. The molecule has 9 fully saturated rings. The van der Waals surface area contributed by atoms with Gasteiger partial charge in [-0.2, -0.15) is 0 Å². The molecule has 28 heteroatoms. The number of hydrogen-bond acceptors (Lipinski definition) is 28. The number of carbonyl (C=O) groups is 1. The molecule has 448 valence electrons. The molecule has 0 aromatic heterocycles. The highest BCUT2D eigenvalue weighted by molar-refractivity contribution is 5.77. The van der Waals surface area contributed by atoms with E-state index in [2.05, 4.69) is 13.5 Å². The first-order valence-electron chi connectivity index (χ1n) is 26.9. The van der Waals surface area contributed by atoms with Crippen molar-refractivity contribution in [1.82, 2.24) is 0 Å². The summed E-state index contributed by atoms with van der Waals surface area (Å²) < 4.78 is 59.7. The lowest BCUT2D eigenvalue weighted by molar-refractivity contribution is -0.400. The summed E-state index contributed by atoms with van der Waals surface area (Å²) in [4.78, 5) is 14.7. The number of ether oxygens (including phenoxy) is 10. The molecule has 1 spiro atoms. The van der Waals surface area contributed by atoms with Crippen LogP contribution in [-0.4, -0.2) is 285 Å². The zero-order chi connectivity index (χ0) is 56.7. The molecule has 0 radical (unpaired) electrons. The quantitative estimate of drug-likeness (QED) is 0.0411. The molecule has 78 heavy (non-hydrogen) atoms. The number of esters is 1. The molecule has 10 unspecified atom stereocenters. The third-order valence-corrected chi connectivity index (χ3v) is 19.2. The molecule has 0 aromatic rings. The Labute approximate surface area is 448 Å². The van der Waals surface area contributed by atoms with Gasteiger partial charge in [-0.3, -0.25) is 4.79 Å². The highest BCUT2D eigenvalue weighted by Crippen LogP contribution is 2.74. The van der Waals surface area contributed by atoms with Crippen molar-refractivity contribution in [2.24, 2.45) is 28.1 Å². The molecule has 5 saturated heterocycles. The lowest BCUT2D eigenvalue weighted by atomic mass is 9.41. The first kappa shape index (κ1) is 60.8. The van der Waals surface area contributed by atoms with E-state index in [9.17, 15) is 91.6 Å². The van der Waals surface area contributed by atoms with Crippen LogP contribution in [0.3, 0.4) is 0 Å². The van der Waals surface area contributed by atoms with Crippen LogP contribution >= 0.6 is 0 Å². The Morgan fingerprint density at radius 1 is 0.513 bits per heavy atom. The normalized spacial score (nSPS) is 54.5. The number of rotatable bonds is 15. The fraction of sp³-hybridized carbons (Fsp3) is 0.940. The molecule has 5 aliphatic heterocycles. The fourth-order valence-electron chi connectivity index (χ4n) is 14.9. The maximum Gasteiger partial charge on any atom is 0.314 e. The summed E-state index contributed by atoms with van der Waals surface area (Å²) in [7, 11) is 0. The van der Waals surface area contributed by atoms with E-state index in [-0.39, 0.29) is 11.8 Å². The molecule has 4 aliphatic carbocycles. The number of aliphatic hydroxyl groups is 17. The minimum atomic E-state index is -1.99. The molecule has 9 rings (SSSR count). The van der Waals surface area contributed by atoms with E-state index in [0.29, 0.717) is 63.4 Å². The summed E-state index contributed by atoms with van der Waals surface area (Å²) in [5, 5.41) is 180. The van der Waals surface area contributed by atoms with Crippen molar-refractivity contribution in [3.05, 3.63) is 12.2 Å². The van der Waals surface area contributed by atoms with Gasteiger partial charge in [0, 0.05) is 0 Å². The van der Waals surface area contributed by atoms with Crippen molar-refractivity contribution in [1.29, 1.82) is 0 Å². The lowest BCUT2D eigenvalue weighted by Crippen LogP contribution is -2.68. The van der Waals surface area contributed by atoms with Gasteiger partial charge in [0.2, 0.25) is 6.29 Å². The predicted octanol–water partition coefficient (Wildman–Crippen LogP) is -7.29. The van der Waals surface area contributed by atoms with Crippen LogP contribution < -0.4 is 0 Å². The second-order valence-corrected chi connectivity index (χ2v) is 23.7. The monoisotopic (exact) mass is 1130 g/mol. The third kappa shape index (κ3) is 10.4. The molecule has 28 nitrogen and oxygen atoms in total. The van der Waals surface area contributed by atoms with E-state index in [1.807, 2.05) is 0 Å². The standard InChI is InChI=1S/C50H80O28/c1-18-11-49-9-5-24-47(2,7-4-8-48(24,3)46(68)77-44-38(67)34(63)29(58)23(74-44)16-69-41-35(64)31(60)26(55)19(12-51)70-41)25(49)6-10-50(18,17-49)78-45-40(76-43-37(66)33(62)28(57)21(14-53)72-43)39(30(59)22(15-54)73-45)75-42-36(65)32(61)27(56)20(13-52)71-42/h19-45,51-67H,1,4-17H2,2-3H3/t19?,20?,21?,22?,23?,24-,25-,26+,27+,28+,29+,30+,31-,32-,33-,34-,35?,36?,37?,38?,39-,40?,41+,42-,43-,44-,45-,47+,48+,49+,50-/m0/s1. The van der Waals surface area contributed by atoms with Gasteiger partial charge in [-0.25, -0.2) is 0 Å². The molecule has 2 bridgehead atoms. The average molecular weight is 1130 g/mol. The van der Waals surface area contributed by atoms with Gasteiger partial charge in [0.05, 0.1) is 44.1 Å². The molecule has 9 aliphatic rings. The van der Waals surface area contributed by atoms with E-state index < -0.39 is 214 Å². The Kier molecular flexibility index (Phi) is 18.2. The van der Waals surface area contributed by atoms with Crippen LogP contribution in [0.1, 0.15) is 71.6 Å². The van der Waals surface area contributed by atoms with Gasteiger partial charge in [-0.15, -0.1) is 0 Å². The van der Waals surface area contributed by atoms with E-state index >= 15 is 0 Å². The Bertz CT molecular complexity index is 2070. The summed E-state index contributed by atoms with van der Waals surface area (Å²) in [6, 6.07) is 0. The second kappa shape index (κ2) is 23.3. The average Bonchev–Trinajstić information content (AvgIpc) is 3.54. The van der Waals surface area contributed by atoms with Crippen LogP contribution in [0.5, 0.6) is 0 Å². The maximum atomic E-state index is 14.7. The largest absolute Gasteiger partial charge is 0.432 e. The zero-order valence-electron chi connectivity index (χ0n) is 43.3. The van der Waals surface area contributed by atoms with Gasteiger partial charge in [-0.1, -0.05) is 19.9 Å². The van der Waals surface area contributed by atoms with E-state index in [0.717, 1.165) is 0 Å². The van der Waals surface area contributed by atoms with Gasteiger partial charge in [-0.05, 0) is 86.5 Å². The lowest BCUT2D eigenvalue weighted by Gasteiger charge is -2.64. The van der Waals surface area contributed by atoms with Gasteiger partial charge >= 0.3 is 5.97 Å². The zero-order valence-corrected chi connectivity index (χ0v) is 43.3. The topological polar surface area (TPSA) is 453 Å². The van der Waals surface area contributed by atoms with Crippen molar-refractivity contribution >= 4 is 5.97 Å². The molecular weight excluding hydrogens is 1050 g/mol. The summed E-state index contributed by atoms with van der Waals surface area (Å²) in [6.07, 6.45) is -39.2. The fourth-order valence-corrected chi connectivity index (χ4v) is 14.9. The number of hydrogen-bond donors (Lipinski definition) is 17. The number of aliphatic hydroxyl groups excluding tert-OH is 17. The van der Waals surface area contributed by atoms with Crippen LogP contribution in [0, 0.1) is 28.1 Å². The minimum absolute atomic E-state index is 0.0488. The number of carbonyl (C=O) groups excluding carboxylic acids is 1. The summed E-state index contributed by atoms with van der Waals surface area (Å²) in [5.41, 5.74) is -2.70. The predicted molar refractivity (Wildman–Crippen MR) is 252 cm³/mol. The first-order valence-corrected chi connectivity index (χ1v) is 26.9. The molecular formula is C50H80O28. The molecule has 4 saturated carbocycles. The third-order valence-electron chi connectivity index (χ3n) is 19.2. The van der Waals surface area contributed by atoms with E-state index in [4.69, 9.17) is 47.4 Å². The van der Waals surface area contributed by atoms with Crippen LogP contribution in [0.15, 0.2) is 12.2 Å². The molecule has 31 atom stereocenters.